The third-order valence-corrected chi connectivity index (χ3v) is 5.92. The lowest BCUT2D eigenvalue weighted by molar-refractivity contribution is -0.133. The van der Waals surface area contributed by atoms with E-state index in [-0.39, 0.29) is 42.4 Å². The van der Waals surface area contributed by atoms with Crippen molar-refractivity contribution < 1.29 is 28.4 Å². The molecule has 4 rings (SSSR count). The quantitative estimate of drug-likeness (QED) is 0.707. The summed E-state index contributed by atoms with van der Waals surface area (Å²) in [4.78, 5) is 39.3. The smallest absolute Gasteiger partial charge is 0.277 e. The molecule has 0 saturated carbocycles. The fraction of sp³-hybridized carbons (Fsp3) is 0.478. The molecule has 0 spiro atoms. The van der Waals surface area contributed by atoms with Gasteiger partial charge in [0.2, 0.25) is 5.91 Å². The van der Waals surface area contributed by atoms with Gasteiger partial charge in [-0.05, 0) is 44.9 Å². The summed E-state index contributed by atoms with van der Waals surface area (Å²) in [6.07, 6.45) is 1.13. The van der Waals surface area contributed by atoms with E-state index in [1.807, 2.05) is 6.92 Å². The highest BCUT2D eigenvalue weighted by Gasteiger charge is 2.39. The number of aromatic nitrogens is 1. The van der Waals surface area contributed by atoms with Crippen molar-refractivity contribution in [2.45, 2.75) is 51.4 Å². The lowest BCUT2D eigenvalue weighted by Crippen LogP contribution is -2.54. The van der Waals surface area contributed by atoms with Crippen LogP contribution in [-0.4, -0.2) is 66.2 Å². The minimum Gasteiger partial charge on any atom is -0.490 e. The highest BCUT2D eigenvalue weighted by atomic mass is 16.5. The van der Waals surface area contributed by atoms with Gasteiger partial charge in [-0.15, -0.1) is 0 Å². The summed E-state index contributed by atoms with van der Waals surface area (Å²) in [7, 11) is 1.74. The predicted octanol–water partition coefficient (Wildman–Crippen LogP) is 2.14. The third-order valence-electron chi connectivity index (χ3n) is 5.92. The van der Waals surface area contributed by atoms with Crippen molar-refractivity contribution in [3.63, 3.8) is 0 Å². The molecular weight excluding hydrogens is 428 g/mol. The number of amides is 3. The molecule has 1 aromatic heterocycles. The van der Waals surface area contributed by atoms with Gasteiger partial charge in [0, 0.05) is 25.3 Å². The van der Waals surface area contributed by atoms with Crippen LogP contribution in [0.4, 0.5) is 5.69 Å². The standard InChI is InChI=1S/C23H28N4O6/c1-4-24-21(28)11-15-6-7-18-20(32-15)12-31-19-8-5-14(10-16(19)23(30)27(18)3)25-22(29)17-9-13(2)33-26-17/h5,8-10,15,18,20H,4,6-7,11-12H2,1-3H3,(H,24,28)(H,25,29)/t15-,18-,20+/m0/s1. The second-order valence-corrected chi connectivity index (χ2v) is 8.31. The minimum absolute atomic E-state index is 0.0437. The Morgan fingerprint density at radius 3 is 2.79 bits per heavy atom. The number of hydrogen-bond acceptors (Lipinski definition) is 7. The summed E-state index contributed by atoms with van der Waals surface area (Å²) in [5.74, 6) is 0.242. The van der Waals surface area contributed by atoms with E-state index < -0.39 is 5.91 Å². The summed E-state index contributed by atoms with van der Waals surface area (Å²) in [5.41, 5.74) is 0.960. The average molecular weight is 456 g/mol. The average Bonchev–Trinajstić information content (AvgIpc) is 3.23. The molecule has 3 heterocycles. The van der Waals surface area contributed by atoms with Gasteiger partial charge >= 0.3 is 0 Å². The highest BCUT2D eigenvalue weighted by Crippen LogP contribution is 2.32. The first-order valence-electron chi connectivity index (χ1n) is 11.1. The highest BCUT2D eigenvalue weighted by molar-refractivity contribution is 6.04. The van der Waals surface area contributed by atoms with Crippen molar-refractivity contribution in [2.24, 2.45) is 0 Å². The zero-order chi connectivity index (χ0) is 23.5. The van der Waals surface area contributed by atoms with E-state index >= 15 is 0 Å². The van der Waals surface area contributed by atoms with Crippen molar-refractivity contribution in [1.82, 2.24) is 15.4 Å². The lowest BCUT2D eigenvalue weighted by Gasteiger charge is -2.42. The summed E-state index contributed by atoms with van der Waals surface area (Å²) in [6, 6.07) is 6.27. The number of benzene rings is 1. The van der Waals surface area contributed by atoms with Crippen LogP contribution in [0.15, 0.2) is 28.8 Å². The molecule has 2 aromatic rings. The Hall–Kier alpha value is -3.40. The Labute approximate surface area is 191 Å². The van der Waals surface area contributed by atoms with E-state index in [9.17, 15) is 14.4 Å². The monoisotopic (exact) mass is 456 g/mol. The van der Waals surface area contributed by atoms with Gasteiger partial charge in [-0.25, -0.2) is 0 Å². The van der Waals surface area contributed by atoms with E-state index in [0.29, 0.717) is 48.6 Å². The molecule has 2 aliphatic heterocycles. The molecule has 3 amide bonds. The van der Waals surface area contributed by atoms with Crippen LogP contribution in [0.25, 0.3) is 0 Å². The third kappa shape index (κ3) is 5.00. The molecule has 10 nitrogen and oxygen atoms in total. The first kappa shape index (κ1) is 22.8. The molecule has 10 heteroatoms. The Bertz CT molecular complexity index is 1050. The van der Waals surface area contributed by atoms with Gasteiger partial charge in [0.25, 0.3) is 11.8 Å². The van der Waals surface area contributed by atoms with Crippen LogP contribution in [0.3, 0.4) is 0 Å². The molecule has 0 radical (unpaired) electrons. The second-order valence-electron chi connectivity index (χ2n) is 8.31. The zero-order valence-electron chi connectivity index (χ0n) is 18.9. The van der Waals surface area contributed by atoms with Crippen molar-refractivity contribution in [3.8, 4) is 5.75 Å². The largest absolute Gasteiger partial charge is 0.490 e. The van der Waals surface area contributed by atoms with Crippen LogP contribution in [0.5, 0.6) is 5.75 Å². The van der Waals surface area contributed by atoms with Crippen LogP contribution < -0.4 is 15.4 Å². The fourth-order valence-corrected chi connectivity index (χ4v) is 4.25. The number of hydrogen-bond donors (Lipinski definition) is 2. The number of likely N-dealkylation sites (N-methyl/N-ethyl adjacent to an activating group) is 1. The lowest BCUT2D eigenvalue weighted by atomic mass is 9.94. The number of aryl methyl sites for hydroxylation is 1. The van der Waals surface area contributed by atoms with E-state index in [1.165, 1.54) is 6.07 Å². The molecular formula is C23H28N4O6. The van der Waals surface area contributed by atoms with Crippen molar-refractivity contribution in [1.29, 1.82) is 0 Å². The molecule has 3 atom stereocenters. The zero-order valence-corrected chi connectivity index (χ0v) is 18.9. The molecule has 176 valence electrons. The van der Waals surface area contributed by atoms with Gasteiger partial charge in [0.05, 0.1) is 24.1 Å². The SMILES string of the molecule is CCNC(=O)C[C@@H]1CC[C@H]2[C@@H](COc3ccc(NC(=O)c4cc(C)on4)cc3C(=O)N2C)O1. The minimum atomic E-state index is -0.432. The number of rotatable bonds is 5. The number of nitrogens with one attached hydrogen (secondary N) is 2. The first-order valence-corrected chi connectivity index (χ1v) is 11.1. The Balaban J connectivity index is 1.49. The van der Waals surface area contributed by atoms with Crippen molar-refractivity contribution in [2.75, 3.05) is 25.5 Å². The van der Waals surface area contributed by atoms with Crippen molar-refractivity contribution in [3.05, 3.63) is 41.3 Å². The number of carbonyl (C=O) groups is 3. The summed E-state index contributed by atoms with van der Waals surface area (Å²) >= 11 is 0. The number of anilines is 1. The maximum Gasteiger partial charge on any atom is 0.277 e. The molecule has 0 bridgehead atoms. The summed E-state index contributed by atoms with van der Waals surface area (Å²) < 4.78 is 17.0. The second kappa shape index (κ2) is 9.62. The van der Waals surface area contributed by atoms with Crippen LogP contribution in [0.2, 0.25) is 0 Å². The molecule has 0 unspecified atom stereocenters. The molecule has 1 saturated heterocycles. The van der Waals surface area contributed by atoms with Crippen LogP contribution >= 0.6 is 0 Å². The van der Waals surface area contributed by atoms with Crippen molar-refractivity contribution >= 4 is 23.4 Å². The molecule has 1 fully saturated rings. The maximum absolute atomic E-state index is 13.3. The Morgan fingerprint density at radius 2 is 2.06 bits per heavy atom. The number of ether oxygens (including phenoxy) is 2. The van der Waals surface area contributed by atoms with Crippen LogP contribution in [-0.2, 0) is 9.53 Å². The maximum atomic E-state index is 13.3. The molecule has 2 aliphatic rings. The van der Waals surface area contributed by atoms with Gasteiger partial charge in [-0.1, -0.05) is 5.16 Å². The molecule has 0 aliphatic carbocycles. The Kier molecular flexibility index (Phi) is 6.64. The summed E-state index contributed by atoms with van der Waals surface area (Å²) in [6.45, 7) is 4.41. The normalized spacial score (nSPS) is 22.3. The number of fused-ring (bicyclic) bond motifs is 2. The topological polar surface area (TPSA) is 123 Å². The van der Waals surface area contributed by atoms with E-state index in [1.54, 1.807) is 37.1 Å². The van der Waals surface area contributed by atoms with Crippen LogP contribution in [0, 0.1) is 6.92 Å². The number of carbonyl (C=O) groups excluding carboxylic acids is 3. The van der Waals surface area contributed by atoms with Gasteiger partial charge < -0.3 is 29.5 Å². The van der Waals surface area contributed by atoms with E-state index in [0.717, 1.165) is 0 Å². The van der Waals surface area contributed by atoms with Gasteiger partial charge in [0.1, 0.15) is 24.2 Å². The van der Waals surface area contributed by atoms with E-state index in [2.05, 4.69) is 15.8 Å². The molecule has 2 N–H and O–H groups in total. The first-order chi connectivity index (χ1) is 15.9. The summed E-state index contributed by atoms with van der Waals surface area (Å²) in [5, 5.41) is 9.23. The number of nitrogens with zero attached hydrogens (tertiary/aromatic N) is 2. The Morgan fingerprint density at radius 1 is 1.24 bits per heavy atom. The van der Waals surface area contributed by atoms with Crippen LogP contribution in [0.1, 0.15) is 52.8 Å². The predicted molar refractivity (Wildman–Crippen MR) is 118 cm³/mol. The molecule has 33 heavy (non-hydrogen) atoms. The van der Waals surface area contributed by atoms with Gasteiger partial charge in [-0.2, -0.15) is 0 Å². The van der Waals surface area contributed by atoms with Gasteiger partial charge in [-0.3, -0.25) is 14.4 Å². The van der Waals surface area contributed by atoms with Gasteiger partial charge in [0.15, 0.2) is 5.69 Å². The van der Waals surface area contributed by atoms with E-state index in [4.69, 9.17) is 14.0 Å². The molecule has 1 aromatic carbocycles. The fourth-order valence-electron chi connectivity index (χ4n) is 4.25.